The molecule has 0 aliphatic heterocycles. The lowest BCUT2D eigenvalue weighted by Gasteiger charge is -2.40. The zero-order valence-electron chi connectivity index (χ0n) is 11.0. The van der Waals surface area contributed by atoms with Crippen molar-refractivity contribution in [1.29, 1.82) is 0 Å². The van der Waals surface area contributed by atoms with E-state index in [2.05, 4.69) is 49.6 Å². The molecule has 0 bridgehead atoms. The van der Waals surface area contributed by atoms with Gasteiger partial charge in [-0.15, -0.1) is 11.3 Å². The maximum atomic E-state index is 4.90. The molecule has 1 fully saturated rings. The van der Waals surface area contributed by atoms with Crippen molar-refractivity contribution in [1.82, 2.24) is 4.98 Å². The van der Waals surface area contributed by atoms with E-state index in [1.54, 1.807) is 0 Å². The molecular formula is C16H19NS. The highest BCUT2D eigenvalue weighted by Gasteiger charge is 2.42. The molecule has 1 aromatic heterocycles. The van der Waals surface area contributed by atoms with Gasteiger partial charge in [0.1, 0.15) is 5.01 Å². The fourth-order valence-corrected chi connectivity index (χ4v) is 3.95. The van der Waals surface area contributed by atoms with E-state index in [-0.39, 0.29) is 5.41 Å². The van der Waals surface area contributed by atoms with Crippen LogP contribution >= 0.6 is 11.3 Å². The van der Waals surface area contributed by atoms with E-state index in [4.69, 9.17) is 4.98 Å². The minimum absolute atomic E-state index is 0.221. The van der Waals surface area contributed by atoms with Crippen molar-refractivity contribution < 1.29 is 0 Å². The van der Waals surface area contributed by atoms with Gasteiger partial charge in [-0.1, -0.05) is 50.6 Å². The monoisotopic (exact) mass is 257 g/mol. The molecule has 1 saturated carbocycles. The van der Waals surface area contributed by atoms with Crippen molar-refractivity contribution in [3.8, 4) is 0 Å². The van der Waals surface area contributed by atoms with Crippen LogP contribution in [-0.2, 0) is 5.41 Å². The Labute approximate surface area is 113 Å². The fourth-order valence-electron chi connectivity index (χ4n) is 2.68. The lowest BCUT2D eigenvalue weighted by atomic mass is 9.65. The standard InChI is InChI=1S/C16H19NS/c1-12(2)14-11-18-15(17-14)16(9-6-10-16)13-7-4-3-5-8-13/h3-5,7-8,11-12H,6,9-10H2,1-2H3. The molecule has 1 aromatic carbocycles. The zero-order chi connectivity index (χ0) is 12.6. The Balaban J connectivity index is 2.01. The zero-order valence-corrected chi connectivity index (χ0v) is 11.8. The molecule has 0 saturated heterocycles. The molecule has 18 heavy (non-hydrogen) atoms. The van der Waals surface area contributed by atoms with Gasteiger partial charge in [-0.2, -0.15) is 0 Å². The molecule has 0 radical (unpaired) electrons. The summed E-state index contributed by atoms with van der Waals surface area (Å²) < 4.78 is 0. The summed E-state index contributed by atoms with van der Waals surface area (Å²) in [4.78, 5) is 4.90. The van der Waals surface area contributed by atoms with Crippen LogP contribution in [0.1, 0.15) is 55.3 Å². The SMILES string of the molecule is CC(C)c1csc(C2(c3ccccc3)CCC2)n1. The van der Waals surface area contributed by atoms with Gasteiger partial charge in [0.05, 0.1) is 5.69 Å². The molecule has 0 spiro atoms. The quantitative estimate of drug-likeness (QED) is 0.774. The molecular weight excluding hydrogens is 238 g/mol. The molecule has 0 amide bonds. The summed E-state index contributed by atoms with van der Waals surface area (Å²) >= 11 is 1.84. The van der Waals surface area contributed by atoms with Gasteiger partial charge in [0.25, 0.3) is 0 Å². The normalized spacial score (nSPS) is 17.7. The first-order valence-corrected chi connectivity index (χ1v) is 7.62. The predicted molar refractivity (Wildman–Crippen MR) is 77.3 cm³/mol. The Morgan fingerprint density at radius 3 is 2.39 bits per heavy atom. The second-order valence-corrected chi connectivity index (χ2v) is 6.39. The molecule has 1 nitrogen and oxygen atoms in total. The van der Waals surface area contributed by atoms with Gasteiger partial charge in [0.2, 0.25) is 0 Å². The van der Waals surface area contributed by atoms with Crippen LogP contribution < -0.4 is 0 Å². The highest BCUT2D eigenvalue weighted by molar-refractivity contribution is 7.09. The number of hydrogen-bond acceptors (Lipinski definition) is 2. The number of nitrogens with zero attached hydrogens (tertiary/aromatic N) is 1. The Morgan fingerprint density at radius 2 is 1.89 bits per heavy atom. The van der Waals surface area contributed by atoms with E-state index < -0.39 is 0 Å². The summed E-state index contributed by atoms with van der Waals surface area (Å²) in [5.41, 5.74) is 2.91. The van der Waals surface area contributed by atoms with Crippen molar-refractivity contribution in [2.45, 2.75) is 44.4 Å². The van der Waals surface area contributed by atoms with Gasteiger partial charge in [0.15, 0.2) is 0 Å². The van der Waals surface area contributed by atoms with Crippen molar-refractivity contribution in [2.75, 3.05) is 0 Å². The van der Waals surface area contributed by atoms with Crippen LogP contribution in [0, 0.1) is 0 Å². The fraction of sp³-hybridized carbons (Fsp3) is 0.438. The lowest BCUT2D eigenvalue weighted by molar-refractivity contribution is 0.300. The minimum Gasteiger partial charge on any atom is -0.245 e. The van der Waals surface area contributed by atoms with E-state index in [0.29, 0.717) is 5.92 Å². The van der Waals surface area contributed by atoms with E-state index in [0.717, 1.165) is 0 Å². The first-order valence-electron chi connectivity index (χ1n) is 6.74. The molecule has 3 rings (SSSR count). The smallest absolute Gasteiger partial charge is 0.103 e. The topological polar surface area (TPSA) is 12.9 Å². The average Bonchev–Trinajstić information content (AvgIpc) is 2.79. The molecule has 94 valence electrons. The van der Waals surface area contributed by atoms with Crippen LogP contribution in [0.2, 0.25) is 0 Å². The Kier molecular flexibility index (Phi) is 2.98. The summed E-state index contributed by atoms with van der Waals surface area (Å²) in [6, 6.07) is 10.9. The van der Waals surface area contributed by atoms with Crippen LogP contribution in [0.4, 0.5) is 0 Å². The predicted octanol–water partition coefficient (Wildman–Crippen LogP) is 4.74. The Bertz CT molecular complexity index is 523. The van der Waals surface area contributed by atoms with Crippen LogP contribution in [0.25, 0.3) is 0 Å². The average molecular weight is 257 g/mol. The number of hydrogen-bond donors (Lipinski definition) is 0. The number of aromatic nitrogens is 1. The van der Waals surface area contributed by atoms with Crippen LogP contribution in [0.5, 0.6) is 0 Å². The van der Waals surface area contributed by atoms with Crippen molar-refractivity contribution in [2.24, 2.45) is 0 Å². The van der Waals surface area contributed by atoms with E-state index in [1.807, 2.05) is 11.3 Å². The van der Waals surface area contributed by atoms with E-state index in [1.165, 1.54) is 35.5 Å². The van der Waals surface area contributed by atoms with Gasteiger partial charge in [0, 0.05) is 10.8 Å². The summed E-state index contributed by atoms with van der Waals surface area (Å²) in [7, 11) is 0. The lowest BCUT2D eigenvalue weighted by Crippen LogP contribution is -2.35. The largest absolute Gasteiger partial charge is 0.245 e. The third kappa shape index (κ3) is 1.79. The third-order valence-electron chi connectivity index (χ3n) is 4.06. The summed E-state index contributed by atoms with van der Waals surface area (Å²) in [5, 5.41) is 3.56. The number of thiazole rings is 1. The first-order chi connectivity index (χ1) is 8.72. The van der Waals surface area contributed by atoms with Crippen molar-refractivity contribution >= 4 is 11.3 Å². The molecule has 0 N–H and O–H groups in total. The van der Waals surface area contributed by atoms with Crippen LogP contribution in [-0.4, -0.2) is 4.98 Å². The van der Waals surface area contributed by atoms with Gasteiger partial charge < -0.3 is 0 Å². The second-order valence-electron chi connectivity index (χ2n) is 5.53. The molecule has 2 aromatic rings. The molecule has 1 aliphatic carbocycles. The Hall–Kier alpha value is -1.15. The maximum absolute atomic E-state index is 4.90. The Morgan fingerprint density at radius 1 is 1.17 bits per heavy atom. The second kappa shape index (κ2) is 4.51. The van der Waals surface area contributed by atoms with E-state index >= 15 is 0 Å². The van der Waals surface area contributed by atoms with Gasteiger partial charge >= 0.3 is 0 Å². The van der Waals surface area contributed by atoms with Gasteiger partial charge in [-0.05, 0) is 24.3 Å². The maximum Gasteiger partial charge on any atom is 0.103 e. The third-order valence-corrected chi connectivity index (χ3v) is 5.12. The highest BCUT2D eigenvalue weighted by Crippen LogP contribution is 2.50. The van der Waals surface area contributed by atoms with Gasteiger partial charge in [-0.25, -0.2) is 4.98 Å². The molecule has 2 heteroatoms. The van der Waals surface area contributed by atoms with Gasteiger partial charge in [-0.3, -0.25) is 0 Å². The summed E-state index contributed by atoms with van der Waals surface area (Å²) in [6.45, 7) is 4.43. The first kappa shape index (κ1) is 11.9. The van der Waals surface area contributed by atoms with E-state index in [9.17, 15) is 0 Å². The summed E-state index contributed by atoms with van der Waals surface area (Å²) in [6.07, 6.45) is 3.83. The molecule has 1 aliphatic rings. The minimum atomic E-state index is 0.221. The molecule has 0 atom stereocenters. The van der Waals surface area contributed by atoms with Crippen LogP contribution in [0.3, 0.4) is 0 Å². The van der Waals surface area contributed by atoms with Crippen LogP contribution in [0.15, 0.2) is 35.7 Å². The molecule has 0 unspecified atom stereocenters. The molecule has 1 heterocycles. The number of benzene rings is 1. The highest BCUT2D eigenvalue weighted by atomic mass is 32.1. The van der Waals surface area contributed by atoms with Crippen molar-refractivity contribution in [3.63, 3.8) is 0 Å². The summed E-state index contributed by atoms with van der Waals surface area (Å²) in [5.74, 6) is 0.530. The van der Waals surface area contributed by atoms with Crippen molar-refractivity contribution in [3.05, 3.63) is 52.0 Å². The number of rotatable bonds is 3.